The minimum Gasteiger partial charge on any atom is -0.202 e. The first kappa shape index (κ1) is 9.07. The van der Waals surface area contributed by atoms with E-state index in [1.807, 2.05) is 6.08 Å². The summed E-state index contributed by atoms with van der Waals surface area (Å²) < 4.78 is 0. The zero-order valence-electron chi connectivity index (χ0n) is 4.02. The second-order valence-electron chi connectivity index (χ2n) is 0.697. The Morgan fingerprint density at radius 2 is 2.00 bits per heavy atom. The van der Waals surface area contributed by atoms with E-state index in [0.717, 1.165) is 0 Å². The SMILES string of the molecule is C#N.C=CC[SiH3]. The maximum absolute atomic E-state index is 6.50. The highest BCUT2D eigenvalue weighted by Gasteiger charge is 1.46. The molecule has 0 heterocycles. The molecule has 0 bridgehead atoms. The fraction of sp³-hybridized carbons (Fsp3) is 0.250. The molecule has 0 radical (unpaired) electrons. The molecule has 0 aromatic heterocycles. The highest BCUT2D eigenvalue weighted by molar-refractivity contribution is 6.09. The summed E-state index contributed by atoms with van der Waals surface area (Å²) in [4.78, 5) is 0. The number of nitriles is 1. The van der Waals surface area contributed by atoms with Crippen LogP contribution in [-0.2, 0) is 0 Å². The molecule has 0 atom stereocenters. The van der Waals surface area contributed by atoms with Crippen LogP contribution in [0.2, 0.25) is 6.04 Å². The summed E-state index contributed by atoms with van der Waals surface area (Å²) in [5, 5.41) is 6.50. The van der Waals surface area contributed by atoms with Crippen molar-refractivity contribution in [2.75, 3.05) is 0 Å². The Morgan fingerprint density at radius 3 is 2.00 bits per heavy atom. The predicted molar refractivity (Wildman–Crippen MR) is 31.6 cm³/mol. The molecule has 0 unspecified atom stereocenters. The molecule has 0 spiro atoms. The second-order valence-corrected chi connectivity index (χ2v) is 1.51. The molecule has 34 valence electrons. The van der Waals surface area contributed by atoms with Crippen LogP contribution in [0.5, 0.6) is 0 Å². The first-order chi connectivity index (χ1) is 2.91. The number of rotatable bonds is 1. The Labute approximate surface area is 41.7 Å². The van der Waals surface area contributed by atoms with E-state index in [0.29, 0.717) is 0 Å². The summed E-state index contributed by atoms with van der Waals surface area (Å²) in [6.45, 7) is 7.01. The van der Waals surface area contributed by atoms with Crippen LogP contribution in [0, 0.1) is 11.8 Å². The summed E-state index contributed by atoms with van der Waals surface area (Å²) in [5.74, 6) is 0. The van der Waals surface area contributed by atoms with Gasteiger partial charge in [0.1, 0.15) is 0 Å². The van der Waals surface area contributed by atoms with Crippen molar-refractivity contribution in [2.24, 2.45) is 0 Å². The quantitative estimate of drug-likeness (QED) is 0.338. The fourth-order valence-corrected chi connectivity index (χ4v) is 0. The van der Waals surface area contributed by atoms with E-state index in [4.69, 9.17) is 5.26 Å². The minimum atomic E-state index is 1.22. The van der Waals surface area contributed by atoms with Crippen molar-refractivity contribution in [3.05, 3.63) is 12.7 Å². The van der Waals surface area contributed by atoms with Crippen molar-refractivity contribution in [2.45, 2.75) is 6.04 Å². The largest absolute Gasteiger partial charge is 0.202 e. The van der Waals surface area contributed by atoms with Gasteiger partial charge in [0.25, 0.3) is 0 Å². The lowest BCUT2D eigenvalue weighted by Crippen LogP contribution is -1.47. The van der Waals surface area contributed by atoms with Gasteiger partial charge >= 0.3 is 0 Å². The van der Waals surface area contributed by atoms with E-state index in [-0.39, 0.29) is 0 Å². The van der Waals surface area contributed by atoms with Gasteiger partial charge in [-0.2, -0.15) is 0 Å². The van der Waals surface area contributed by atoms with Crippen molar-refractivity contribution in [3.63, 3.8) is 0 Å². The average molecular weight is 99.2 g/mol. The number of hydrogen-bond donors (Lipinski definition) is 0. The second kappa shape index (κ2) is 25.2. The van der Waals surface area contributed by atoms with Gasteiger partial charge in [-0.1, -0.05) is 6.08 Å². The van der Waals surface area contributed by atoms with Crippen LogP contribution in [0.25, 0.3) is 0 Å². The van der Waals surface area contributed by atoms with Gasteiger partial charge in [0.15, 0.2) is 0 Å². The monoisotopic (exact) mass is 99.1 g/mol. The normalized spacial score (nSPS) is 5.00. The third-order valence-corrected chi connectivity index (χ3v) is 0.866. The Hall–Kier alpha value is -0.553. The molecule has 2 heteroatoms. The van der Waals surface area contributed by atoms with Gasteiger partial charge in [-0.25, -0.2) is 5.26 Å². The molecule has 0 aromatic carbocycles. The smallest absolute Gasteiger partial charge is 0.0462 e. The van der Waals surface area contributed by atoms with Crippen LogP contribution < -0.4 is 0 Å². The van der Waals surface area contributed by atoms with Crippen LogP contribution in [0.3, 0.4) is 0 Å². The van der Waals surface area contributed by atoms with Crippen LogP contribution >= 0.6 is 0 Å². The molecule has 0 N–H and O–H groups in total. The summed E-state index contributed by atoms with van der Waals surface area (Å²) >= 11 is 0. The molecule has 0 saturated carbocycles. The summed E-state index contributed by atoms with van der Waals surface area (Å²) in [7, 11) is 1.27. The number of nitrogens with zero attached hydrogens (tertiary/aromatic N) is 1. The summed E-state index contributed by atoms with van der Waals surface area (Å²) in [5.41, 5.74) is 0. The first-order valence-corrected chi connectivity index (χ1v) is 3.20. The predicted octanol–water partition coefficient (Wildman–Crippen LogP) is 0.0959. The maximum atomic E-state index is 6.50. The highest BCUT2D eigenvalue weighted by atomic mass is 28.1. The van der Waals surface area contributed by atoms with Crippen molar-refractivity contribution < 1.29 is 0 Å². The van der Waals surface area contributed by atoms with Crippen molar-refractivity contribution in [3.8, 4) is 6.57 Å². The van der Waals surface area contributed by atoms with E-state index in [2.05, 4.69) is 13.2 Å². The van der Waals surface area contributed by atoms with Gasteiger partial charge in [-0.05, 0) is 6.04 Å². The zero-order valence-corrected chi connectivity index (χ0v) is 6.02. The van der Waals surface area contributed by atoms with Crippen molar-refractivity contribution >= 4 is 10.2 Å². The molecular formula is C4H9NSi. The Bertz CT molecular complexity index is 40.1. The number of allylic oxidation sites excluding steroid dienone is 1. The molecule has 0 aliphatic rings. The molecule has 0 aliphatic heterocycles. The van der Waals surface area contributed by atoms with E-state index in [1.54, 1.807) is 0 Å². The van der Waals surface area contributed by atoms with Crippen LogP contribution in [0.4, 0.5) is 0 Å². The van der Waals surface area contributed by atoms with Crippen molar-refractivity contribution in [1.29, 1.82) is 5.26 Å². The van der Waals surface area contributed by atoms with Gasteiger partial charge in [0, 0.05) is 16.8 Å². The van der Waals surface area contributed by atoms with Gasteiger partial charge in [-0.3, -0.25) is 0 Å². The molecule has 0 amide bonds. The van der Waals surface area contributed by atoms with E-state index in [9.17, 15) is 0 Å². The standard InChI is InChI=1S/C3H8Si.CHN/c1-2-3-4;1-2/h2H,1,3H2,4H3;1H. The number of hydrogen-bond acceptors (Lipinski definition) is 1. The van der Waals surface area contributed by atoms with Crippen LogP contribution in [0.15, 0.2) is 12.7 Å². The van der Waals surface area contributed by atoms with Crippen LogP contribution in [-0.4, -0.2) is 10.2 Å². The third-order valence-electron chi connectivity index (χ3n) is 0.289. The zero-order chi connectivity index (χ0) is 5.41. The lowest BCUT2D eigenvalue weighted by atomic mass is 10.8. The molecule has 0 aromatic rings. The maximum Gasteiger partial charge on any atom is 0.0462 e. The average Bonchev–Trinajstić information content (AvgIpc) is 1.72. The van der Waals surface area contributed by atoms with E-state index < -0.39 is 0 Å². The molecule has 0 saturated heterocycles. The molecular weight excluding hydrogens is 90.1 g/mol. The minimum absolute atomic E-state index is 1.22. The molecule has 0 aliphatic carbocycles. The molecule has 1 nitrogen and oxygen atoms in total. The van der Waals surface area contributed by atoms with Crippen molar-refractivity contribution in [1.82, 2.24) is 0 Å². The van der Waals surface area contributed by atoms with Gasteiger partial charge in [0.2, 0.25) is 0 Å². The molecule has 6 heavy (non-hydrogen) atoms. The lowest BCUT2D eigenvalue weighted by Gasteiger charge is -1.57. The van der Waals surface area contributed by atoms with Gasteiger partial charge in [-0.15, -0.1) is 6.58 Å². The summed E-state index contributed by atoms with van der Waals surface area (Å²) in [6.07, 6.45) is 1.94. The van der Waals surface area contributed by atoms with Crippen LogP contribution in [0.1, 0.15) is 0 Å². The van der Waals surface area contributed by atoms with Gasteiger partial charge < -0.3 is 0 Å². The molecule has 0 rings (SSSR count). The Balaban J connectivity index is 0. The summed E-state index contributed by atoms with van der Waals surface area (Å²) in [6, 6.07) is 1.22. The fourth-order valence-electron chi connectivity index (χ4n) is 0. The van der Waals surface area contributed by atoms with Gasteiger partial charge in [0.05, 0.1) is 0 Å². The van der Waals surface area contributed by atoms with E-state index >= 15 is 0 Å². The Kier molecular flexibility index (Phi) is 38.1. The lowest BCUT2D eigenvalue weighted by molar-refractivity contribution is 1.58. The third kappa shape index (κ3) is 103. The molecule has 0 fully saturated rings. The van der Waals surface area contributed by atoms with E-state index in [1.165, 1.54) is 16.3 Å². The first-order valence-electron chi connectivity index (χ1n) is 1.78. The topological polar surface area (TPSA) is 23.8 Å². The Morgan fingerprint density at radius 1 is 1.83 bits per heavy atom. The highest BCUT2D eigenvalue weighted by Crippen LogP contribution is 1.61.